The van der Waals surface area contributed by atoms with E-state index < -0.39 is 27.2 Å². The minimum absolute atomic E-state index is 0.207. The lowest BCUT2D eigenvalue weighted by atomic mass is 9.93. The molecular weight excluding hydrogens is 512 g/mol. The summed E-state index contributed by atoms with van der Waals surface area (Å²) in [6, 6.07) is 28.1. The Morgan fingerprint density at radius 3 is 1.20 bits per heavy atom. The summed E-state index contributed by atoms with van der Waals surface area (Å²) < 4.78 is 0. The average molecular weight is 533 g/mol. The van der Waals surface area contributed by atoms with Crippen molar-refractivity contribution in [3.05, 3.63) is 164 Å². The summed E-state index contributed by atoms with van der Waals surface area (Å²) in [5.41, 5.74) is 1.67. The molecule has 0 unspecified atom stereocenters. The van der Waals surface area contributed by atoms with Gasteiger partial charge in [0.1, 0.15) is 0 Å². The number of hydrogen-bond donors (Lipinski definition) is 0. The zero-order valence-electron chi connectivity index (χ0n) is 20.8. The molecule has 9 heteroatoms. The number of rotatable bonds is 10. The van der Waals surface area contributed by atoms with E-state index in [-0.39, 0.29) is 22.5 Å². The molecule has 0 N–H and O–H groups in total. The number of nitrogens with zero attached hydrogens (tertiary/aromatic N) is 2. The molecule has 40 heavy (non-hydrogen) atoms. The van der Waals surface area contributed by atoms with Crippen LogP contribution in [0.1, 0.15) is 22.3 Å². The quantitative estimate of drug-likeness (QED) is 0.0830. The van der Waals surface area contributed by atoms with Gasteiger partial charge in [0.2, 0.25) is 11.6 Å². The van der Waals surface area contributed by atoms with Gasteiger partial charge in [-0.2, -0.15) is 0 Å². The van der Waals surface area contributed by atoms with E-state index in [0.29, 0.717) is 22.3 Å². The van der Waals surface area contributed by atoms with Gasteiger partial charge in [-0.15, -0.1) is 0 Å². The highest BCUT2D eigenvalue weighted by Crippen LogP contribution is 2.28. The Balaban J connectivity index is 1.75. The van der Waals surface area contributed by atoms with Crippen LogP contribution in [0.5, 0.6) is 0 Å². The standard InChI is InChI=1S/C31H20N2O7/c34-29(19-27(21-9-3-1-4-10-21)23-13-7-15-25(17-23)32(37)38)31(36)30(35)20-28(22-11-5-2-6-12-22)24-14-8-16-26(18-24)33(39)40/h1-20H. The van der Waals surface area contributed by atoms with E-state index in [2.05, 4.69) is 0 Å². The Morgan fingerprint density at radius 1 is 0.500 bits per heavy atom. The minimum atomic E-state index is -1.34. The molecule has 0 saturated carbocycles. The smallest absolute Gasteiger partial charge is 0.272 e. The van der Waals surface area contributed by atoms with Crippen molar-refractivity contribution in [1.82, 2.24) is 0 Å². The van der Waals surface area contributed by atoms with Crippen molar-refractivity contribution >= 4 is 39.9 Å². The van der Waals surface area contributed by atoms with Crippen LogP contribution in [0.3, 0.4) is 0 Å². The summed E-state index contributed by atoms with van der Waals surface area (Å²) in [6.45, 7) is 0. The molecule has 9 nitrogen and oxygen atoms in total. The second kappa shape index (κ2) is 12.1. The highest BCUT2D eigenvalue weighted by atomic mass is 16.6. The van der Waals surface area contributed by atoms with E-state index in [0.717, 1.165) is 12.2 Å². The molecule has 0 saturated heterocycles. The largest absolute Gasteiger partial charge is 0.285 e. The lowest BCUT2D eigenvalue weighted by Crippen LogP contribution is -2.21. The Kier molecular flexibility index (Phi) is 8.26. The van der Waals surface area contributed by atoms with Gasteiger partial charge in [0, 0.05) is 24.3 Å². The monoisotopic (exact) mass is 532 g/mol. The molecule has 0 aliphatic carbocycles. The Hall–Kier alpha value is -5.83. The molecule has 4 aromatic rings. The third-order valence-corrected chi connectivity index (χ3v) is 5.90. The van der Waals surface area contributed by atoms with Crippen LogP contribution in [0.4, 0.5) is 11.4 Å². The first-order valence-corrected chi connectivity index (χ1v) is 11.9. The van der Waals surface area contributed by atoms with Crippen molar-refractivity contribution in [2.24, 2.45) is 0 Å². The molecule has 0 aliphatic heterocycles. The van der Waals surface area contributed by atoms with E-state index in [1.807, 2.05) is 0 Å². The van der Waals surface area contributed by atoms with Gasteiger partial charge >= 0.3 is 0 Å². The molecule has 0 aromatic heterocycles. The van der Waals surface area contributed by atoms with Gasteiger partial charge in [-0.1, -0.05) is 84.9 Å². The van der Waals surface area contributed by atoms with Gasteiger partial charge in [0.15, 0.2) is 0 Å². The number of nitro groups is 2. The first kappa shape index (κ1) is 27.2. The first-order chi connectivity index (χ1) is 19.2. The fourth-order valence-electron chi connectivity index (χ4n) is 3.99. The van der Waals surface area contributed by atoms with E-state index >= 15 is 0 Å². The van der Waals surface area contributed by atoms with E-state index in [9.17, 15) is 34.6 Å². The topological polar surface area (TPSA) is 137 Å². The maximum absolute atomic E-state index is 13.1. The highest BCUT2D eigenvalue weighted by molar-refractivity contribution is 6.68. The van der Waals surface area contributed by atoms with E-state index in [1.165, 1.54) is 36.4 Å². The SMILES string of the molecule is O=C(C=C(c1ccccc1)c1cccc([N+](=O)[O-])c1)C(=O)C(=O)C=C(c1ccccc1)c1cccc([N+](=O)[O-])c1. The van der Waals surface area contributed by atoms with Gasteiger partial charge in [-0.25, -0.2) is 0 Å². The normalized spacial score (nSPS) is 11.5. The van der Waals surface area contributed by atoms with Crippen LogP contribution in [0, 0.1) is 20.2 Å². The highest BCUT2D eigenvalue weighted by Gasteiger charge is 2.23. The Bertz CT molecular complexity index is 1570. The molecule has 0 fully saturated rings. The van der Waals surface area contributed by atoms with Crippen LogP contribution < -0.4 is 0 Å². The lowest BCUT2D eigenvalue weighted by Gasteiger charge is -2.09. The van der Waals surface area contributed by atoms with Crippen molar-refractivity contribution in [3.8, 4) is 0 Å². The summed E-state index contributed by atoms with van der Waals surface area (Å²) in [5, 5.41) is 22.6. The van der Waals surface area contributed by atoms with Crippen molar-refractivity contribution in [3.63, 3.8) is 0 Å². The van der Waals surface area contributed by atoms with Gasteiger partial charge in [-0.05, 0) is 45.6 Å². The maximum Gasteiger partial charge on any atom is 0.272 e. The van der Waals surface area contributed by atoms with Crippen molar-refractivity contribution in [2.45, 2.75) is 0 Å². The molecule has 0 atom stereocenters. The van der Waals surface area contributed by atoms with Crippen LogP contribution in [0.2, 0.25) is 0 Å². The molecule has 0 aliphatic rings. The predicted molar refractivity (Wildman–Crippen MR) is 148 cm³/mol. The van der Waals surface area contributed by atoms with Crippen LogP contribution in [-0.4, -0.2) is 27.2 Å². The predicted octanol–water partition coefficient (Wildman–Crippen LogP) is 5.77. The second-order valence-corrected chi connectivity index (χ2v) is 8.52. The number of benzene rings is 4. The zero-order valence-corrected chi connectivity index (χ0v) is 20.8. The van der Waals surface area contributed by atoms with Crippen molar-refractivity contribution < 1.29 is 24.2 Å². The van der Waals surface area contributed by atoms with E-state index in [1.54, 1.807) is 72.8 Å². The average Bonchev–Trinajstić information content (AvgIpc) is 2.99. The van der Waals surface area contributed by atoms with Crippen molar-refractivity contribution in [1.29, 1.82) is 0 Å². The van der Waals surface area contributed by atoms with Crippen LogP contribution in [0.25, 0.3) is 11.1 Å². The van der Waals surface area contributed by atoms with Crippen LogP contribution in [0.15, 0.2) is 121 Å². The van der Waals surface area contributed by atoms with Crippen LogP contribution >= 0.6 is 0 Å². The number of nitro benzene ring substituents is 2. The first-order valence-electron chi connectivity index (χ1n) is 11.9. The number of ketones is 3. The Morgan fingerprint density at radius 2 is 0.850 bits per heavy atom. The summed E-state index contributed by atoms with van der Waals surface area (Å²) >= 11 is 0. The number of carbonyl (C=O) groups is 3. The summed E-state index contributed by atoms with van der Waals surface area (Å²) in [6.07, 6.45) is 1.97. The Labute approximate surface area is 228 Å². The molecule has 0 heterocycles. The number of hydrogen-bond acceptors (Lipinski definition) is 7. The van der Waals surface area contributed by atoms with Crippen LogP contribution in [-0.2, 0) is 14.4 Å². The molecule has 0 spiro atoms. The second-order valence-electron chi connectivity index (χ2n) is 8.52. The fourth-order valence-corrected chi connectivity index (χ4v) is 3.99. The molecule has 196 valence electrons. The van der Waals surface area contributed by atoms with Gasteiger partial charge in [0.05, 0.1) is 9.85 Å². The summed E-state index contributed by atoms with van der Waals surface area (Å²) in [4.78, 5) is 60.6. The van der Waals surface area contributed by atoms with Gasteiger partial charge in [-0.3, -0.25) is 34.6 Å². The lowest BCUT2D eigenvalue weighted by molar-refractivity contribution is -0.385. The molecule has 4 aromatic carbocycles. The molecule has 0 radical (unpaired) electrons. The van der Waals surface area contributed by atoms with Gasteiger partial charge in [0.25, 0.3) is 17.2 Å². The third kappa shape index (κ3) is 6.35. The molecule has 0 bridgehead atoms. The van der Waals surface area contributed by atoms with Gasteiger partial charge < -0.3 is 0 Å². The number of Topliss-reactive ketones (excluding diaryl/α,β-unsaturated/α-hetero) is 1. The molecule has 4 rings (SSSR count). The zero-order chi connectivity index (χ0) is 28.6. The fraction of sp³-hybridized carbons (Fsp3) is 0. The third-order valence-electron chi connectivity index (χ3n) is 5.90. The molecular formula is C31H20N2O7. The van der Waals surface area contributed by atoms with E-state index in [4.69, 9.17) is 0 Å². The van der Waals surface area contributed by atoms with Crippen molar-refractivity contribution in [2.75, 3.05) is 0 Å². The molecule has 0 amide bonds. The summed E-state index contributed by atoms with van der Waals surface area (Å²) in [7, 11) is 0. The number of carbonyl (C=O) groups excluding carboxylic acids is 3. The maximum atomic E-state index is 13.1. The summed E-state index contributed by atoms with van der Waals surface area (Å²) in [5.74, 6) is -3.59. The number of non-ortho nitro benzene ring substituents is 2. The minimum Gasteiger partial charge on any atom is -0.285 e. The number of allylic oxidation sites excluding steroid dienone is 2.